The maximum Gasteiger partial charge on any atom is 0.307 e. The minimum atomic E-state index is 0.0192. The van der Waals surface area contributed by atoms with E-state index in [1.54, 1.807) is 15.9 Å². The third kappa shape index (κ3) is 3.13. The highest BCUT2D eigenvalue weighted by Crippen LogP contribution is 2.22. The molecule has 0 aliphatic carbocycles. The van der Waals surface area contributed by atoms with Crippen LogP contribution in [0.5, 0.6) is 0 Å². The summed E-state index contributed by atoms with van der Waals surface area (Å²) >= 11 is 2.88. The molecule has 2 heterocycles. The van der Waals surface area contributed by atoms with E-state index in [0.29, 0.717) is 13.2 Å². The van der Waals surface area contributed by atoms with Crippen molar-refractivity contribution in [1.82, 2.24) is 9.55 Å². The first-order valence-corrected chi connectivity index (χ1v) is 7.95. The zero-order valence-corrected chi connectivity index (χ0v) is 13.2. The van der Waals surface area contributed by atoms with Crippen LogP contribution in [0.25, 0.3) is 0 Å². The van der Waals surface area contributed by atoms with Crippen LogP contribution in [0.1, 0.15) is 41.2 Å². The Labute approximate surface area is 120 Å². The molecule has 2 aromatic heterocycles. The van der Waals surface area contributed by atoms with Gasteiger partial charge in [-0.1, -0.05) is 11.3 Å². The molecule has 0 fully saturated rings. The van der Waals surface area contributed by atoms with Crippen LogP contribution < -0.4 is 4.87 Å². The quantitative estimate of drug-likeness (QED) is 0.852. The molecule has 2 aromatic rings. The van der Waals surface area contributed by atoms with E-state index in [0.717, 1.165) is 21.3 Å². The smallest absolute Gasteiger partial charge is 0.307 e. The molecule has 0 aromatic carbocycles. The van der Waals surface area contributed by atoms with Crippen LogP contribution in [0, 0.1) is 13.8 Å². The van der Waals surface area contributed by atoms with Gasteiger partial charge in [-0.25, -0.2) is 4.98 Å². The highest BCUT2D eigenvalue weighted by Gasteiger charge is 2.13. The predicted molar refractivity (Wildman–Crippen MR) is 79.3 cm³/mol. The molecule has 6 heteroatoms. The Balaban J connectivity index is 2.18. The summed E-state index contributed by atoms with van der Waals surface area (Å²) in [5, 5.41) is 2.97. The van der Waals surface area contributed by atoms with Crippen molar-refractivity contribution < 1.29 is 4.74 Å². The van der Waals surface area contributed by atoms with Gasteiger partial charge in [-0.05, 0) is 27.7 Å². The summed E-state index contributed by atoms with van der Waals surface area (Å²) in [6.07, 6.45) is 0.0192. The second-order valence-electron chi connectivity index (χ2n) is 4.37. The van der Waals surface area contributed by atoms with Crippen LogP contribution in [-0.4, -0.2) is 16.2 Å². The summed E-state index contributed by atoms with van der Waals surface area (Å²) in [4.78, 5) is 17.6. The number of nitrogens with zero attached hydrogens (tertiary/aromatic N) is 2. The molecule has 0 radical (unpaired) electrons. The number of hydrogen-bond acceptors (Lipinski definition) is 5. The molecule has 0 spiro atoms. The summed E-state index contributed by atoms with van der Waals surface area (Å²) in [6, 6.07) is 0. The van der Waals surface area contributed by atoms with Crippen LogP contribution >= 0.6 is 22.7 Å². The van der Waals surface area contributed by atoms with Gasteiger partial charge < -0.3 is 4.74 Å². The minimum Gasteiger partial charge on any atom is -0.372 e. The number of hydrogen-bond donors (Lipinski definition) is 0. The second kappa shape index (κ2) is 5.98. The van der Waals surface area contributed by atoms with Crippen LogP contribution in [0.4, 0.5) is 0 Å². The van der Waals surface area contributed by atoms with Crippen molar-refractivity contribution in [2.75, 3.05) is 6.61 Å². The zero-order chi connectivity index (χ0) is 14.0. The third-order valence-corrected chi connectivity index (χ3v) is 5.08. The van der Waals surface area contributed by atoms with Gasteiger partial charge in [0.15, 0.2) is 0 Å². The van der Waals surface area contributed by atoms with Crippen molar-refractivity contribution in [2.45, 2.75) is 40.3 Å². The molecule has 4 nitrogen and oxygen atoms in total. The van der Waals surface area contributed by atoms with Gasteiger partial charge >= 0.3 is 4.87 Å². The van der Waals surface area contributed by atoms with Gasteiger partial charge in [0.05, 0.1) is 12.2 Å². The van der Waals surface area contributed by atoms with Crippen molar-refractivity contribution in [3.8, 4) is 0 Å². The topological polar surface area (TPSA) is 44.1 Å². The van der Waals surface area contributed by atoms with Crippen LogP contribution in [0.3, 0.4) is 0 Å². The SMILES string of the molecule is CCO[C@H](C)c1nc(Cn2c(C)c(C)sc2=O)cs1. The van der Waals surface area contributed by atoms with E-state index in [9.17, 15) is 4.79 Å². The summed E-state index contributed by atoms with van der Waals surface area (Å²) < 4.78 is 7.31. The first-order valence-electron chi connectivity index (χ1n) is 6.25. The van der Waals surface area contributed by atoms with Gasteiger partial charge in [-0.3, -0.25) is 9.36 Å². The molecule has 0 unspecified atom stereocenters. The monoisotopic (exact) mass is 298 g/mol. The average molecular weight is 298 g/mol. The fourth-order valence-electron chi connectivity index (χ4n) is 1.84. The predicted octanol–water partition coefficient (Wildman–Crippen LogP) is 3.13. The van der Waals surface area contributed by atoms with Gasteiger partial charge in [0.25, 0.3) is 0 Å². The Morgan fingerprint density at radius 3 is 2.79 bits per heavy atom. The molecular formula is C13H18N2O2S2. The molecule has 0 bridgehead atoms. The molecule has 104 valence electrons. The number of thiazole rings is 2. The number of aromatic nitrogens is 2. The van der Waals surface area contributed by atoms with Gasteiger partial charge in [0, 0.05) is 22.6 Å². The summed E-state index contributed by atoms with van der Waals surface area (Å²) in [7, 11) is 0. The first-order chi connectivity index (χ1) is 9.02. The Hall–Kier alpha value is -0.980. The molecule has 0 saturated carbocycles. The Morgan fingerprint density at radius 2 is 2.21 bits per heavy atom. The van der Waals surface area contributed by atoms with Gasteiger partial charge in [-0.15, -0.1) is 11.3 Å². The van der Waals surface area contributed by atoms with Crippen LogP contribution in [-0.2, 0) is 11.3 Å². The Bertz CT molecular complexity index is 612. The lowest BCUT2D eigenvalue weighted by Crippen LogP contribution is -2.15. The fourth-order valence-corrected chi connectivity index (χ4v) is 3.48. The highest BCUT2D eigenvalue weighted by atomic mass is 32.1. The van der Waals surface area contributed by atoms with Crippen molar-refractivity contribution in [1.29, 1.82) is 0 Å². The molecule has 0 aliphatic rings. The summed E-state index contributed by atoms with van der Waals surface area (Å²) in [5.41, 5.74) is 1.96. The maximum absolute atomic E-state index is 11.8. The summed E-state index contributed by atoms with van der Waals surface area (Å²) in [5.74, 6) is 0. The van der Waals surface area contributed by atoms with Crippen LogP contribution in [0.15, 0.2) is 10.2 Å². The Kier molecular flexibility index (Phi) is 4.54. The fraction of sp³-hybridized carbons (Fsp3) is 0.538. The average Bonchev–Trinajstić information content (AvgIpc) is 2.91. The molecule has 0 amide bonds. The van der Waals surface area contributed by atoms with Crippen molar-refractivity contribution in [3.63, 3.8) is 0 Å². The van der Waals surface area contributed by atoms with Gasteiger partial charge in [0.1, 0.15) is 11.1 Å². The molecule has 2 rings (SSSR count). The largest absolute Gasteiger partial charge is 0.372 e. The molecule has 0 saturated heterocycles. The van der Waals surface area contributed by atoms with Gasteiger partial charge in [0.2, 0.25) is 0 Å². The lowest BCUT2D eigenvalue weighted by atomic mass is 10.4. The standard InChI is InChI=1S/C13H18N2O2S2/c1-5-17-9(3)12-14-11(7-18-12)6-15-8(2)10(4)19-13(15)16/h7,9H,5-6H2,1-4H3/t9-/m1/s1. The lowest BCUT2D eigenvalue weighted by molar-refractivity contribution is 0.0761. The second-order valence-corrected chi connectivity index (χ2v) is 6.43. The number of ether oxygens (including phenoxy) is 1. The Morgan fingerprint density at radius 1 is 1.47 bits per heavy atom. The van der Waals surface area contributed by atoms with Crippen molar-refractivity contribution in [3.05, 3.63) is 36.3 Å². The van der Waals surface area contributed by atoms with Crippen molar-refractivity contribution >= 4 is 22.7 Å². The third-order valence-electron chi connectivity index (χ3n) is 3.03. The molecule has 19 heavy (non-hydrogen) atoms. The number of rotatable bonds is 5. The van der Waals surface area contributed by atoms with E-state index in [2.05, 4.69) is 4.98 Å². The first kappa shape index (κ1) is 14.4. The van der Waals surface area contributed by atoms with E-state index >= 15 is 0 Å². The summed E-state index contributed by atoms with van der Waals surface area (Å²) in [6.45, 7) is 9.15. The van der Waals surface area contributed by atoms with Crippen molar-refractivity contribution in [2.24, 2.45) is 0 Å². The normalized spacial score (nSPS) is 12.8. The van der Waals surface area contributed by atoms with Crippen LogP contribution in [0.2, 0.25) is 0 Å². The number of aryl methyl sites for hydroxylation is 1. The lowest BCUT2D eigenvalue weighted by Gasteiger charge is -2.07. The van der Waals surface area contributed by atoms with E-state index in [1.807, 2.05) is 33.1 Å². The van der Waals surface area contributed by atoms with E-state index < -0.39 is 0 Å². The zero-order valence-electron chi connectivity index (χ0n) is 11.6. The van der Waals surface area contributed by atoms with E-state index in [1.165, 1.54) is 11.3 Å². The molecule has 1 atom stereocenters. The van der Waals surface area contributed by atoms with Gasteiger partial charge in [-0.2, -0.15) is 0 Å². The molecule has 0 aliphatic heterocycles. The van der Waals surface area contributed by atoms with E-state index in [4.69, 9.17) is 4.74 Å². The molecule has 0 N–H and O–H groups in total. The minimum absolute atomic E-state index is 0.0192. The maximum atomic E-state index is 11.8. The molecular weight excluding hydrogens is 280 g/mol. The van der Waals surface area contributed by atoms with E-state index in [-0.39, 0.29) is 11.0 Å². The highest BCUT2D eigenvalue weighted by molar-refractivity contribution is 7.09.